The fourth-order valence-electron chi connectivity index (χ4n) is 11.2. The van der Waals surface area contributed by atoms with Crippen molar-refractivity contribution in [3.05, 3.63) is 60.8 Å². The molecule has 1 fully saturated rings. The molecule has 81 heavy (non-hydrogen) atoms. The largest absolute Gasteiger partial charge is 0.394 e. The number of nitrogens with one attached hydrogen (secondary N) is 1. The van der Waals surface area contributed by atoms with Crippen LogP contribution in [-0.2, 0) is 14.3 Å². The fourth-order valence-corrected chi connectivity index (χ4v) is 11.2. The molecule has 0 spiro atoms. The summed E-state index contributed by atoms with van der Waals surface area (Å²) in [7, 11) is 0. The number of rotatable bonds is 61. The molecule has 0 radical (unpaired) electrons. The highest BCUT2D eigenvalue weighted by Gasteiger charge is 2.44. The van der Waals surface area contributed by atoms with Crippen molar-refractivity contribution in [3.63, 3.8) is 0 Å². The maximum Gasteiger partial charge on any atom is 0.220 e. The Bertz CT molecular complexity index is 1460. The number of amides is 1. The third-order valence-corrected chi connectivity index (χ3v) is 16.6. The van der Waals surface area contributed by atoms with Gasteiger partial charge in [0.25, 0.3) is 0 Å². The van der Waals surface area contributed by atoms with E-state index in [9.17, 15) is 30.3 Å². The molecule has 474 valence electrons. The van der Waals surface area contributed by atoms with Crippen LogP contribution >= 0.6 is 0 Å². The normalized spacial score (nSPS) is 18.7. The van der Waals surface area contributed by atoms with Gasteiger partial charge in [-0.2, -0.15) is 0 Å². The van der Waals surface area contributed by atoms with Crippen molar-refractivity contribution in [2.45, 2.75) is 378 Å². The van der Waals surface area contributed by atoms with Gasteiger partial charge in [0, 0.05) is 6.42 Å². The van der Waals surface area contributed by atoms with Gasteiger partial charge in [-0.15, -0.1) is 0 Å². The van der Waals surface area contributed by atoms with E-state index in [1.54, 1.807) is 6.08 Å². The number of aliphatic hydroxyl groups is 5. The molecule has 0 aromatic rings. The zero-order chi connectivity index (χ0) is 58.6. The first-order valence-corrected chi connectivity index (χ1v) is 35.0. The topological polar surface area (TPSA) is 149 Å². The minimum Gasteiger partial charge on any atom is -0.394 e. The molecule has 0 aromatic carbocycles. The standard InChI is InChI=1S/C72H133NO8/c1-3-5-7-9-11-13-15-17-19-21-23-24-25-26-27-28-29-30-31-32-33-34-35-36-37-38-39-40-41-42-44-46-48-50-52-54-56-58-60-62-68(76)73-65(64-80-72-71(79)70(78)69(77)67(63-74)81-72)66(75)61-59-57-55-53-51-49-47-45-43-22-20-18-16-14-12-10-8-6-4-2/h5,7,11,13,17,19,23-24,59,61,65-67,69-72,74-75,77-79H,3-4,6,8-10,12,14-16,18,20-22,25-58,60,62-64H2,1-2H3,(H,73,76)/b7-5-,13-11-,19-17-,24-23-,61-59+. The van der Waals surface area contributed by atoms with E-state index in [1.807, 2.05) is 6.08 Å². The predicted molar refractivity (Wildman–Crippen MR) is 346 cm³/mol. The van der Waals surface area contributed by atoms with Crippen molar-refractivity contribution in [1.82, 2.24) is 5.32 Å². The van der Waals surface area contributed by atoms with Gasteiger partial charge in [-0.1, -0.05) is 331 Å². The molecule has 1 rings (SSSR count). The van der Waals surface area contributed by atoms with E-state index in [0.29, 0.717) is 6.42 Å². The van der Waals surface area contributed by atoms with Crippen LogP contribution in [0.5, 0.6) is 0 Å². The number of aliphatic hydroxyl groups excluding tert-OH is 5. The third-order valence-electron chi connectivity index (χ3n) is 16.6. The molecule has 9 heteroatoms. The molecule has 7 atom stereocenters. The average molecular weight is 1140 g/mol. The number of hydrogen-bond acceptors (Lipinski definition) is 8. The van der Waals surface area contributed by atoms with E-state index >= 15 is 0 Å². The zero-order valence-electron chi connectivity index (χ0n) is 53.0. The number of ether oxygens (including phenoxy) is 2. The molecule has 0 aliphatic carbocycles. The number of carbonyl (C=O) groups is 1. The van der Waals surface area contributed by atoms with Crippen LogP contribution in [0.2, 0.25) is 0 Å². The molecule has 1 saturated heterocycles. The molecule has 0 saturated carbocycles. The Morgan fingerprint density at radius 1 is 0.432 bits per heavy atom. The Morgan fingerprint density at radius 3 is 1.14 bits per heavy atom. The number of hydrogen-bond donors (Lipinski definition) is 6. The summed E-state index contributed by atoms with van der Waals surface area (Å²) in [4.78, 5) is 13.1. The van der Waals surface area contributed by atoms with Gasteiger partial charge in [0.1, 0.15) is 24.4 Å². The predicted octanol–water partition coefficient (Wildman–Crippen LogP) is 19.0. The van der Waals surface area contributed by atoms with E-state index in [4.69, 9.17) is 9.47 Å². The van der Waals surface area contributed by atoms with Crippen LogP contribution in [0, 0.1) is 0 Å². The van der Waals surface area contributed by atoms with Crippen molar-refractivity contribution < 1.29 is 39.8 Å². The minimum atomic E-state index is -1.57. The first-order valence-electron chi connectivity index (χ1n) is 35.0. The molecule has 0 bridgehead atoms. The molecule has 1 aliphatic heterocycles. The van der Waals surface area contributed by atoms with E-state index in [2.05, 4.69) is 67.8 Å². The number of allylic oxidation sites excluding steroid dienone is 9. The highest BCUT2D eigenvalue weighted by molar-refractivity contribution is 5.76. The number of unbranched alkanes of at least 4 members (excludes halogenated alkanes) is 43. The highest BCUT2D eigenvalue weighted by atomic mass is 16.7. The van der Waals surface area contributed by atoms with Crippen molar-refractivity contribution in [3.8, 4) is 0 Å². The second-order valence-electron chi connectivity index (χ2n) is 24.3. The summed E-state index contributed by atoms with van der Waals surface area (Å²) >= 11 is 0. The Labute approximate surface area is 500 Å². The summed E-state index contributed by atoms with van der Waals surface area (Å²) in [5.74, 6) is -0.170. The second kappa shape index (κ2) is 61.0. The number of carbonyl (C=O) groups excluding carboxylic acids is 1. The van der Waals surface area contributed by atoms with Crippen LogP contribution in [-0.4, -0.2) is 87.5 Å². The van der Waals surface area contributed by atoms with E-state index in [0.717, 1.165) is 64.2 Å². The van der Waals surface area contributed by atoms with Gasteiger partial charge in [-0.05, 0) is 57.8 Å². The van der Waals surface area contributed by atoms with Gasteiger partial charge >= 0.3 is 0 Å². The maximum atomic E-state index is 13.1. The quantitative estimate of drug-likeness (QED) is 0.0261. The van der Waals surface area contributed by atoms with E-state index in [1.165, 1.54) is 250 Å². The van der Waals surface area contributed by atoms with Crippen molar-refractivity contribution in [1.29, 1.82) is 0 Å². The minimum absolute atomic E-state index is 0.170. The first-order chi connectivity index (χ1) is 39.8. The first kappa shape index (κ1) is 76.9. The lowest BCUT2D eigenvalue weighted by Gasteiger charge is -2.40. The third kappa shape index (κ3) is 49.8. The van der Waals surface area contributed by atoms with Gasteiger partial charge in [0.15, 0.2) is 6.29 Å². The zero-order valence-corrected chi connectivity index (χ0v) is 53.0. The fraction of sp³-hybridized carbons (Fsp3) is 0.847. The van der Waals surface area contributed by atoms with Gasteiger partial charge in [-0.25, -0.2) is 0 Å². The molecular weight excluding hydrogens is 1010 g/mol. The van der Waals surface area contributed by atoms with Crippen molar-refractivity contribution in [2.24, 2.45) is 0 Å². The molecule has 7 unspecified atom stereocenters. The van der Waals surface area contributed by atoms with Crippen molar-refractivity contribution in [2.75, 3.05) is 13.2 Å². The summed E-state index contributed by atoms with van der Waals surface area (Å²) in [6.07, 6.45) is 77.6. The summed E-state index contributed by atoms with van der Waals surface area (Å²) in [6.45, 7) is 3.71. The highest BCUT2D eigenvalue weighted by Crippen LogP contribution is 2.23. The van der Waals surface area contributed by atoms with Crippen LogP contribution in [0.15, 0.2) is 60.8 Å². The summed E-state index contributed by atoms with van der Waals surface area (Å²) in [6, 6.07) is -0.805. The Hall–Kier alpha value is -2.11. The molecule has 1 amide bonds. The van der Waals surface area contributed by atoms with Crippen LogP contribution in [0.1, 0.15) is 335 Å². The lowest BCUT2D eigenvalue weighted by molar-refractivity contribution is -0.302. The molecule has 6 N–H and O–H groups in total. The van der Waals surface area contributed by atoms with E-state index in [-0.39, 0.29) is 12.5 Å². The van der Waals surface area contributed by atoms with Gasteiger partial charge in [0.2, 0.25) is 5.91 Å². The van der Waals surface area contributed by atoms with Gasteiger partial charge in [0.05, 0.1) is 25.4 Å². The summed E-state index contributed by atoms with van der Waals surface area (Å²) < 4.78 is 11.3. The van der Waals surface area contributed by atoms with Crippen LogP contribution in [0.4, 0.5) is 0 Å². The molecule has 9 nitrogen and oxygen atoms in total. The van der Waals surface area contributed by atoms with Crippen LogP contribution in [0.3, 0.4) is 0 Å². The van der Waals surface area contributed by atoms with Crippen molar-refractivity contribution >= 4 is 5.91 Å². The Morgan fingerprint density at radius 2 is 0.765 bits per heavy atom. The lowest BCUT2D eigenvalue weighted by Crippen LogP contribution is -2.60. The molecule has 1 aliphatic rings. The molecule has 0 aromatic heterocycles. The molecule has 1 heterocycles. The molecular formula is C72H133NO8. The van der Waals surface area contributed by atoms with Crippen LogP contribution < -0.4 is 5.32 Å². The summed E-state index contributed by atoms with van der Waals surface area (Å²) in [5.41, 5.74) is 0. The average Bonchev–Trinajstić information content (AvgIpc) is 3.48. The lowest BCUT2D eigenvalue weighted by atomic mass is 9.99. The van der Waals surface area contributed by atoms with Crippen LogP contribution in [0.25, 0.3) is 0 Å². The van der Waals surface area contributed by atoms with Gasteiger partial charge in [-0.3, -0.25) is 4.79 Å². The smallest absolute Gasteiger partial charge is 0.220 e. The second-order valence-corrected chi connectivity index (χ2v) is 24.3. The summed E-state index contributed by atoms with van der Waals surface area (Å²) in [5, 5.41) is 54.7. The monoisotopic (exact) mass is 1140 g/mol. The van der Waals surface area contributed by atoms with Gasteiger partial charge < -0.3 is 40.3 Å². The maximum absolute atomic E-state index is 13.1. The SMILES string of the molecule is CC/C=C\C/C=C\C/C=C\C/C=C\CCCCCCCCCCCCCCCCCCCCCCCCCCCCC(=O)NC(COC1OC(CO)C(O)C(O)C1O)C(O)/C=C/CCCCCCCCCCCCCCCCCCC. The Kier molecular flexibility index (Phi) is 57.9. The van der Waals surface area contributed by atoms with E-state index < -0.39 is 49.5 Å². The Balaban J connectivity index is 2.06.